The summed E-state index contributed by atoms with van der Waals surface area (Å²) in [6, 6.07) is 3.83. The summed E-state index contributed by atoms with van der Waals surface area (Å²) in [7, 11) is 3.95. The molecule has 0 radical (unpaired) electrons. The van der Waals surface area contributed by atoms with Crippen molar-refractivity contribution in [3.05, 3.63) is 39.3 Å². The zero-order chi connectivity index (χ0) is 19.6. The van der Waals surface area contributed by atoms with Crippen LogP contribution in [0.25, 0.3) is 11.0 Å². The Labute approximate surface area is 167 Å². The van der Waals surface area contributed by atoms with E-state index in [-0.39, 0.29) is 24.0 Å². The first-order valence-corrected chi connectivity index (χ1v) is 8.58. The number of nitrogens with zero attached hydrogens (tertiary/aromatic N) is 6. The second-order valence-electron chi connectivity index (χ2n) is 6.69. The standard InChI is InChI=1S/C17H22N8O2.ClH/c1-10-8-12-13(9-11(10)2)25(7-5-6-24(3)4)16(27)14(18-12)15(26)19-17-20-22-23-21-17;/h8-9H,5-7H2,1-4H3,(H2,19,20,21,22,23,26);1H. The van der Waals surface area contributed by atoms with Gasteiger partial charge in [-0.1, -0.05) is 5.10 Å². The molecule has 0 saturated heterocycles. The molecular formula is C17H23ClN8O2. The molecule has 0 aliphatic carbocycles. The van der Waals surface area contributed by atoms with E-state index < -0.39 is 11.5 Å². The fraction of sp³-hybridized carbons (Fsp3) is 0.412. The van der Waals surface area contributed by atoms with Crippen molar-refractivity contribution in [2.75, 3.05) is 26.0 Å². The van der Waals surface area contributed by atoms with Gasteiger partial charge in [-0.2, -0.15) is 5.21 Å². The van der Waals surface area contributed by atoms with Crippen molar-refractivity contribution in [2.24, 2.45) is 0 Å². The van der Waals surface area contributed by atoms with E-state index in [0.29, 0.717) is 12.1 Å². The van der Waals surface area contributed by atoms with Crippen molar-refractivity contribution < 1.29 is 4.79 Å². The number of benzene rings is 1. The number of aromatic amines is 1. The lowest BCUT2D eigenvalue weighted by molar-refractivity contribution is 0.101. The highest BCUT2D eigenvalue weighted by atomic mass is 35.5. The summed E-state index contributed by atoms with van der Waals surface area (Å²) in [6.07, 6.45) is 0.769. The molecule has 150 valence electrons. The van der Waals surface area contributed by atoms with Gasteiger partial charge in [0.1, 0.15) is 0 Å². The van der Waals surface area contributed by atoms with Gasteiger partial charge in [-0.05, 0) is 69.4 Å². The summed E-state index contributed by atoms with van der Waals surface area (Å²) in [5.74, 6) is -0.677. The van der Waals surface area contributed by atoms with Gasteiger partial charge in [-0.3, -0.25) is 14.9 Å². The Balaban J connectivity index is 0.00000280. The lowest BCUT2D eigenvalue weighted by Gasteiger charge is -2.15. The molecule has 10 nitrogen and oxygen atoms in total. The molecule has 11 heteroatoms. The third-order valence-electron chi connectivity index (χ3n) is 4.33. The third kappa shape index (κ3) is 4.52. The number of aryl methyl sites for hydroxylation is 3. The van der Waals surface area contributed by atoms with E-state index in [9.17, 15) is 9.59 Å². The molecule has 0 saturated carbocycles. The van der Waals surface area contributed by atoms with Crippen LogP contribution < -0.4 is 10.9 Å². The number of H-pyrrole nitrogens is 1. The molecule has 3 aromatic rings. The number of amides is 1. The van der Waals surface area contributed by atoms with Gasteiger partial charge < -0.3 is 9.47 Å². The van der Waals surface area contributed by atoms with E-state index in [1.54, 1.807) is 4.57 Å². The SMILES string of the molecule is Cc1cc2nc(C(=O)Nc3nn[nH]n3)c(=O)n(CCCN(C)C)c2cc1C.Cl. The van der Waals surface area contributed by atoms with Gasteiger partial charge in [-0.25, -0.2) is 4.98 Å². The normalized spacial score (nSPS) is 10.9. The van der Waals surface area contributed by atoms with Crippen LogP contribution in [0.15, 0.2) is 16.9 Å². The predicted octanol–water partition coefficient (Wildman–Crippen LogP) is 1.15. The largest absolute Gasteiger partial charge is 0.309 e. The van der Waals surface area contributed by atoms with Crippen molar-refractivity contribution in [2.45, 2.75) is 26.8 Å². The first-order valence-electron chi connectivity index (χ1n) is 8.58. The van der Waals surface area contributed by atoms with Gasteiger partial charge in [0, 0.05) is 6.54 Å². The van der Waals surface area contributed by atoms with Crippen molar-refractivity contribution in [3.8, 4) is 0 Å². The molecule has 0 aliphatic rings. The van der Waals surface area contributed by atoms with Crippen LogP contribution in [0, 0.1) is 13.8 Å². The molecular weight excluding hydrogens is 384 g/mol. The summed E-state index contributed by atoms with van der Waals surface area (Å²) in [5, 5.41) is 15.4. The Morgan fingerprint density at radius 3 is 2.61 bits per heavy atom. The average molecular weight is 407 g/mol. The fourth-order valence-corrected chi connectivity index (χ4v) is 2.79. The van der Waals surface area contributed by atoms with Crippen molar-refractivity contribution >= 4 is 35.3 Å². The van der Waals surface area contributed by atoms with Gasteiger partial charge in [0.2, 0.25) is 0 Å². The van der Waals surface area contributed by atoms with E-state index in [0.717, 1.165) is 29.6 Å². The highest BCUT2D eigenvalue weighted by molar-refractivity contribution is 6.02. The Hall–Kier alpha value is -2.85. The number of carbonyl (C=O) groups excluding carboxylic acids is 1. The van der Waals surface area contributed by atoms with Gasteiger partial charge in [0.05, 0.1) is 11.0 Å². The lowest BCUT2D eigenvalue weighted by Crippen LogP contribution is -2.32. The summed E-state index contributed by atoms with van der Waals surface area (Å²) in [5.41, 5.74) is 2.79. The van der Waals surface area contributed by atoms with Gasteiger partial charge in [0.15, 0.2) is 5.69 Å². The van der Waals surface area contributed by atoms with Crippen LogP contribution in [0.1, 0.15) is 28.0 Å². The first-order chi connectivity index (χ1) is 12.9. The molecule has 0 atom stereocenters. The number of carbonyl (C=O) groups is 1. The molecule has 2 aromatic heterocycles. The number of anilines is 1. The molecule has 0 spiro atoms. The minimum Gasteiger partial charge on any atom is -0.309 e. The highest BCUT2D eigenvalue weighted by Gasteiger charge is 2.19. The Morgan fingerprint density at radius 2 is 1.96 bits per heavy atom. The molecule has 2 N–H and O–H groups in total. The minimum absolute atomic E-state index is 0. The van der Waals surface area contributed by atoms with Crippen LogP contribution in [0.5, 0.6) is 0 Å². The third-order valence-corrected chi connectivity index (χ3v) is 4.33. The lowest BCUT2D eigenvalue weighted by atomic mass is 10.1. The molecule has 0 unspecified atom stereocenters. The number of tetrazole rings is 1. The fourth-order valence-electron chi connectivity index (χ4n) is 2.79. The number of hydrogen-bond donors (Lipinski definition) is 2. The molecule has 28 heavy (non-hydrogen) atoms. The smallest absolute Gasteiger partial charge is 0.282 e. The van der Waals surface area contributed by atoms with Crippen LogP contribution in [0.2, 0.25) is 0 Å². The van der Waals surface area contributed by atoms with E-state index in [2.05, 4.69) is 30.9 Å². The highest BCUT2D eigenvalue weighted by Crippen LogP contribution is 2.17. The van der Waals surface area contributed by atoms with Gasteiger partial charge >= 0.3 is 0 Å². The Kier molecular flexibility index (Phi) is 6.81. The first kappa shape index (κ1) is 21.5. The number of fused-ring (bicyclic) bond motifs is 1. The average Bonchev–Trinajstić information content (AvgIpc) is 3.11. The molecule has 2 heterocycles. The number of hydrogen-bond acceptors (Lipinski definition) is 7. The zero-order valence-electron chi connectivity index (χ0n) is 16.2. The van der Waals surface area contributed by atoms with Crippen LogP contribution in [-0.2, 0) is 6.54 Å². The van der Waals surface area contributed by atoms with Crippen molar-refractivity contribution in [1.82, 2.24) is 35.1 Å². The predicted molar refractivity (Wildman–Crippen MR) is 108 cm³/mol. The number of halogens is 1. The maximum absolute atomic E-state index is 13.0. The molecule has 0 aliphatic heterocycles. The molecule has 1 amide bonds. The van der Waals surface area contributed by atoms with Crippen LogP contribution in [0.4, 0.5) is 5.95 Å². The van der Waals surface area contributed by atoms with Crippen LogP contribution in [0.3, 0.4) is 0 Å². The topological polar surface area (TPSA) is 122 Å². The van der Waals surface area contributed by atoms with Crippen molar-refractivity contribution in [1.29, 1.82) is 0 Å². The molecule has 1 aromatic carbocycles. The van der Waals surface area contributed by atoms with Crippen LogP contribution in [-0.4, -0.2) is 61.6 Å². The Morgan fingerprint density at radius 1 is 1.25 bits per heavy atom. The summed E-state index contributed by atoms with van der Waals surface area (Å²) in [4.78, 5) is 31.9. The summed E-state index contributed by atoms with van der Waals surface area (Å²) < 4.78 is 1.61. The summed E-state index contributed by atoms with van der Waals surface area (Å²) >= 11 is 0. The van der Waals surface area contributed by atoms with E-state index in [4.69, 9.17) is 0 Å². The maximum atomic E-state index is 13.0. The second-order valence-corrected chi connectivity index (χ2v) is 6.69. The molecule has 0 bridgehead atoms. The monoisotopic (exact) mass is 406 g/mol. The molecule has 0 fully saturated rings. The molecule has 3 rings (SSSR count). The van der Waals surface area contributed by atoms with E-state index in [1.165, 1.54) is 0 Å². The number of nitrogens with one attached hydrogen (secondary N) is 2. The van der Waals surface area contributed by atoms with E-state index in [1.807, 2.05) is 45.0 Å². The van der Waals surface area contributed by atoms with Crippen molar-refractivity contribution in [3.63, 3.8) is 0 Å². The van der Waals surface area contributed by atoms with Gasteiger partial charge in [0.25, 0.3) is 17.4 Å². The van der Waals surface area contributed by atoms with Gasteiger partial charge in [-0.15, -0.1) is 17.5 Å². The zero-order valence-corrected chi connectivity index (χ0v) is 17.0. The summed E-state index contributed by atoms with van der Waals surface area (Å²) in [6.45, 7) is 5.27. The Bertz CT molecular complexity index is 1030. The number of rotatable bonds is 6. The minimum atomic E-state index is -0.664. The van der Waals surface area contributed by atoms with Crippen LogP contribution >= 0.6 is 12.4 Å². The quantitative estimate of drug-likeness (QED) is 0.629. The van der Waals surface area contributed by atoms with E-state index >= 15 is 0 Å². The second kappa shape index (κ2) is 8.89. The number of aromatic nitrogens is 6. The maximum Gasteiger partial charge on any atom is 0.282 e.